The van der Waals surface area contributed by atoms with Crippen molar-refractivity contribution in [3.05, 3.63) is 34.0 Å². The molecule has 0 aliphatic carbocycles. The fourth-order valence-corrected chi connectivity index (χ4v) is 2.32. The molecule has 2 aromatic rings. The predicted molar refractivity (Wildman–Crippen MR) is 51.9 cm³/mol. The van der Waals surface area contributed by atoms with E-state index in [1.54, 1.807) is 11.3 Å². The topological polar surface area (TPSA) is 17.1 Å². The molecule has 0 amide bonds. The van der Waals surface area contributed by atoms with Gasteiger partial charge in [0.05, 0.1) is 4.88 Å². The molecule has 1 aromatic heterocycles. The van der Waals surface area contributed by atoms with E-state index in [9.17, 15) is 4.79 Å². The van der Waals surface area contributed by atoms with E-state index in [-0.39, 0.29) is 0 Å². The first kappa shape index (κ1) is 7.50. The summed E-state index contributed by atoms with van der Waals surface area (Å²) in [5.74, 6) is 0. The highest BCUT2D eigenvalue weighted by Crippen LogP contribution is 2.28. The van der Waals surface area contributed by atoms with E-state index >= 15 is 0 Å². The van der Waals surface area contributed by atoms with E-state index in [0.717, 1.165) is 16.5 Å². The van der Waals surface area contributed by atoms with E-state index in [4.69, 9.17) is 0 Å². The van der Waals surface area contributed by atoms with E-state index in [1.165, 1.54) is 10.3 Å². The number of fused-ring (bicyclic) bond motifs is 1. The van der Waals surface area contributed by atoms with E-state index in [1.807, 2.05) is 31.2 Å². The van der Waals surface area contributed by atoms with Crippen LogP contribution in [0.3, 0.4) is 0 Å². The molecule has 2 rings (SSSR count). The van der Waals surface area contributed by atoms with Crippen molar-refractivity contribution >= 4 is 28.4 Å². The van der Waals surface area contributed by atoms with Crippen LogP contribution >= 0.6 is 11.3 Å². The highest BCUT2D eigenvalue weighted by atomic mass is 32.1. The first-order chi connectivity index (χ1) is 5.83. The third-order valence-electron chi connectivity index (χ3n) is 1.94. The number of benzene rings is 1. The molecule has 0 N–H and O–H groups in total. The Kier molecular flexibility index (Phi) is 1.70. The first-order valence-electron chi connectivity index (χ1n) is 3.76. The summed E-state index contributed by atoms with van der Waals surface area (Å²) < 4.78 is 0. The molecule has 2 heteroatoms. The number of hydrogen-bond donors (Lipinski definition) is 0. The lowest BCUT2D eigenvalue weighted by atomic mass is 10.1. The maximum atomic E-state index is 10.6. The molecule has 60 valence electrons. The summed E-state index contributed by atoms with van der Waals surface area (Å²) in [6, 6.07) is 7.99. The van der Waals surface area contributed by atoms with Crippen LogP contribution in [0.15, 0.2) is 24.3 Å². The van der Waals surface area contributed by atoms with Crippen molar-refractivity contribution in [2.24, 2.45) is 0 Å². The van der Waals surface area contributed by atoms with Crippen LogP contribution in [-0.2, 0) is 0 Å². The van der Waals surface area contributed by atoms with Gasteiger partial charge in [-0.25, -0.2) is 0 Å². The number of carbonyl (C=O) groups excluding carboxylic acids is 1. The molecule has 0 atom stereocenters. The average Bonchev–Trinajstić information content (AvgIpc) is 2.44. The van der Waals surface area contributed by atoms with Gasteiger partial charge in [0.15, 0.2) is 6.29 Å². The molecular formula is C10H8OS. The van der Waals surface area contributed by atoms with Gasteiger partial charge in [0.1, 0.15) is 0 Å². The number of aldehydes is 1. The fraction of sp³-hybridized carbons (Fsp3) is 0.100. The molecule has 0 unspecified atom stereocenters. The van der Waals surface area contributed by atoms with Gasteiger partial charge in [-0.2, -0.15) is 0 Å². The zero-order chi connectivity index (χ0) is 8.55. The van der Waals surface area contributed by atoms with Crippen molar-refractivity contribution in [2.75, 3.05) is 0 Å². The maximum absolute atomic E-state index is 10.6. The summed E-state index contributed by atoms with van der Waals surface area (Å²) >= 11 is 1.56. The van der Waals surface area contributed by atoms with Crippen LogP contribution in [0.4, 0.5) is 0 Å². The maximum Gasteiger partial charge on any atom is 0.160 e. The Labute approximate surface area is 74.6 Å². The lowest BCUT2D eigenvalue weighted by Crippen LogP contribution is -1.70. The standard InChI is InChI=1S/C10H8OS/c1-7-8-4-2-3-5-9(8)10(6-11)12-7/h2-6H,1H3. The molecule has 0 bridgehead atoms. The van der Waals surface area contributed by atoms with E-state index in [0.29, 0.717) is 0 Å². The third-order valence-corrected chi connectivity index (χ3v) is 3.00. The molecule has 1 nitrogen and oxygen atoms in total. The Hall–Kier alpha value is -1.15. The lowest BCUT2D eigenvalue weighted by Gasteiger charge is -1.88. The second-order valence-corrected chi connectivity index (χ2v) is 3.94. The molecule has 0 spiro atoms. The normalized spacial score (nSPS) is 10.4. The zero-order valence-corrected chi connectivity index (χ0v) is 7.52. The van der Waals surface area contributed by atoms with E-state index < -0.39 is 0 Å². The number of carbonyl (C=O) groups is 1. The van der Waals surface area contributed by atoms with Crippen LogP contribution in [0.5, 0.6) is 0 Å². The van der Waals surface area contributed by atoms with Crippen LogP contribution in [0.2, 0.25) is 0 Å². The highest BCUT2D eigenvalue weighted by Gasteiger charge is 2.05. The molecular weight excluding hydrogens is 168 g/mol. The zero-order valence-electron chi connectivity index (χ0n) is 6.70. The number of hydrogen-bond acceptors (Lipinski definition) is 2. The van der Waals surface area contributed by atoms with Gasteiger partial charge >= 0.3 is 0 Å². The number of aryl methyl sites for hydroxylation is 1. The SMILES string of the molecule is Cc1sc(C=O)c2ccccc12. The van der Waals surface area contributed by atoms with Crippen LogP contribution in [0.25, 0.3) is 10.8 Å². The lowest BCUT2D eigenvalue weighted by molar-refractivity contribution is 0.112. The van der Waals surface area contributed by atoms with Crippen molar-refractivity contribution in [1.82, 2.24) is 0 Å². The molecule has 12 heavy (non-hydrogen) atoms. The Morgan fingerprint density at radius 2 is 1.92 bits per heavy atom. The molecule has 0 saturated heterocycles. The second kappa shape index (κ2) is 2.72. The Morgan fingerprint density at radius 3 is 2.58 bits per heavy atom. The van der Waals surface area contributed by atoms with Crippen LogP contribution in [0, 0.1) is 6.92 Å². The van der Waals surface area contributed by atoms with Gasteiger partial charge in [0.25, 0.3) is 0 Å². The summed E-state index contributed by atoms with van der Waals surface area (Å²) in [6.07, 6.45) is 0.931. The molecule has 0 aliphatic heterocycles. The van der Waals surface area contributed by atoms with Gasteiger partial charge in [0, 0.05) is 10.3 Å². The van der Waals surface area contributed by atoms with Crippen molar-refractivity contribution < 1.29 is 4.79 Å². The van der Waals surface area contributed by atoms with Crippen molar-refractivity contribution in [3.63, 3.8) is 0 Å². The summed E-state index contributed by atoms with van der Waals surface area (Å²) in [5, 5.41) is 2.28. The summed E-state index contributed by atoms with van der Waals surface area (Å²) in [5.41, 5.74) is 0. The smallest absolute Gasteiger partial charge is 0.160 e. The predicted octanol–water partition coefficient (Wildman–Crippen LogP) is 3.02. The van der Waals surface area contributed by atoms with E-state index in [2.05, 4.69) is 0 Å². The van der Waals surface area contributed by atoms with Gasteiger partial charge in [-0.1, -0.05) is 24.3 Å². The number of rotatable bonds is 1. The molecule has 0 aliphatic rings. The Morgan fingerprint density at radius 1 is 1.25 bits per heavy atom. The van der Waals surface area contributed by atoms with Crippen molar-refractivity contribution in [2.45, 2.75) is 6.92 Å². The second-order valence-electron chi connectivity index (χ2n) is 2.69. The monoisotopic (exact) mass is 176 g/mol. The molecule has 0 radical (unpaired) electrons. The largest absolute Gasteiger partial charge is 0.297 e. The van der Waals surface area contributed by atoms with Crippen LogP contribution < -0.4 is 0 Å². The third kappa shape index (κ3) is 0.959. The summed E-state index contributed by atoms with van der Waals surface area (Å²) in [7, 11) is 0. The number of thiophene rings is 1. The van der Waals surface area contributed by atoms with Gasteiger partial charge in [0.2, 0.25) is 0 Å². The molecule has 0 fully saturated rings. The van der Waals surface area contributed by atoms with Crippen LogP contribution in [-0.4, -0.2) is 6.29 Å². The van der Waals surface area contributed by atoms with Gasteiger partial charge in [-0.3, -0.25) is 4.79 Å². The minimum Gasteiger partial charge on any atom is -0.297 e. The highest BCUT2D eigenvalue weighted by molar-refractivity contribution is 7.15. The van der Waals surface area contributed by atoms with Crippen molar-refractivity contribution in [1.29, 1.82) is 0 Å². The average molecular weight is 176 g/mol. The molecule has 1 heterocycles. The van der Waals surface area contributed by atoms with Gasteiger partial charge in [-0.15, -0.1) is 11.3 Å². The van der Waals surface area contributed by atoms with Gasteiger partial charge < -0.3 is 0 Å². The molecule has 0 saturated carbocycles. The molecule has 1 aromatic carbocycles. The fourth-order valence-electron chi connectivity index (χ4n) is 1.37. The minimum absolute atomic E-state index is 0.836. The van der Waals surface area contributed by atoms with Crippen LogP contribution in [0.1, 0.15) is 14.5 Å². The first-order valence-corrected chi connectivity index (χ1v) is 4.58. The Balaban J connectivity index is 2.91. The minimum atomic E-state index is 0.836. The quantitative estimate of drug-likeness (QED) is 0.610. The van der Waals surface area contributed by atoms with Gasteiger partial charge in [-0.05, 0) is 12.3 Å². The summed E-state index contributed by atoms with van der Waals surface area (Å²) in [4.78, 5) is 12.7. The Bertz CT molecular complexity index is 428. The van der Waals surface area contributed by atoms with Crippen molar-refractivity contribution in [3.8, 4) is 0 Å². The summed E-state index contributed by atoms with van der Waals surface area (Å²) in [6.45, 7) is 2.04.